The van der Waals surface area contributed by atoms with Crippen LogP contribution in [0.25, 0.3) is 10.2 Å². The molecule has 1 saturated heterocycles. The molecule has 0 aliphatic carbocycles. The predicted molar refractivity (Wildman–Crippen MR) is 99.9 cm³/mol. The van der Waals surface area contributed by atoms with E-state index in [0.29, 0.717) is 35.4 Å². The summed E-state index contributed by atoms with van der Waals surface area (Å²) in [6, 6.07) is 9.08. The van der Waals surface area contributed by atoms with Crippen LogP contribution in [0.5, 0.6) is 0 Å². The average molecular weight is 400 g/mol. The van der Waals surface area contributed by atoms with Crippen molar-refractivity contribution in [2.75, 3.05) is 31.1 Å². The Balaban J connectivity index is 1.51. The third-order valence-electron chi connectivity index (χ3n) is 3.94. The molecule has 0 saturated carbocycles. The number of thiophene rings is 1. The maximum absolute atomic E-state index is 12.6. The SMILES string of the molecule is O=S(=O)(c1cccs1)N1CCN(c2nc3ccc(Cl)cc3s2)CC1. The monoisotopic (exact) mass is 399 g/mol. The van der Waals surface area contributed by atoms with E-state index in [1.165, 1.54) is 11.3 Å². The van der Waals surface area contributed by atoms with E-state index in [9.17, 15) is 8.42 Å². The van der Waals surface area contributed by atoms with Crippen LogP contribution in [-0.4, -0.2) is 43.9 Å². The average Bonchev–Trinajstić information content (AvgIpc) is 3.24. The summed E-state index contributed by atoms with van der Waals surface area (Å²) < 4.78 is 28.1. The maximum Gasteiger partial charge on any atom is 0.252 e. The van der Waals surface area contributed by atoms with Gasteiger partial charge in [-0.15, -0.1) is 11.3 Å². The Hall–Kier alpha value is -1.19. The van der Waals surface area contributed by atoms with E-state index in [1.54, 1.807) is 33.2 Å². The second-order valence-corrected chi connectivity index (χ2v) is 9.99. The lowest BCUT2D eigenvalue weighted by atomic mass is 10.3. The smallest absolute Gasteiger partial charge is 0.252 e. The summed E-state index contributed by atoms with van der Waals surface area (Å²) in [4.78, 5) is 6.77. The van der Waals surface area contributed by atoms with Crippen LogP contribution in [0.1, 0.15) is 0 Å². The molecule has 0 radical (unpaired) electrons. The topological polar surface area (TPSA) is 53.5 Å². The number of halogens is 1. The van der Waals surface area contributed by atoms with Crippen LogP contribution >= 0.6 is 34.3 Å². The molecule has 4 rings (SSSR count). The van der Waals surface area contributed by atoms with E-state index in [4.69, 9.17) is 11.6 Å². The van der Waals surface area contributed by atoms with Crippen molar-refractivity contribution in [1.82, 2.24) is 9.29 Å². The van der Waals surface area contributed by atoms with E-state index in [-0.39, 0.29) is 0 Å². The zero-order valence-corrected chi connectivity index (χ0v) is 15.8. The number of hydrogen-bond donors (Lipinski definition) is 0. The van der Waals surface area contributed by atoms with Crippen molar-refractivity contribution < 1.29 is 8.42 Å². The highest BCUT2D eigenvalue weighted by Gasteiger charge is 2.30. The molecule has 0 unspecified atom stereocenters. The summed E-state index contributed by atoms with van der Waals surface area (Å²) in [6.07, 6.45) is 0. The number of aromatic nitrogens is 1. The Bertz CT molecular complexity index is 961. The number of fused-ring (bicyclic) bond motifs is 1. The number of piperazine rings is 1. The molecule has 2 aromatic heterocycles. The molecular weight excluding hydrogens is 386 g/mol. The first-order valence-electron chi connectivity index (χ1n) is 7.39. The molecule has 0 spiro atoms. The Morgan fingerprint density at radius 1 is 1.12 bits per heavy atom. The number of hydrogen-bond acceptors (Lipinski definition) is 6. The minimum Gasteiger partial charge on any atom is -0.345 e. The molecule has 0 atom stereocenters. The summed E-state index contributed by atoms with van der Waals surface area (Å²) in [5, 5.41) is 3.40. The fourth-order valence-corrected chi connectivity index (χ4v) is 6.54. The van der Waals surface area contributed by atoms with Gasteiger partial charge in [-0.3, -0.25) is 0 Å². The van der Waals surface area contributed by atoms with Gasteiger partial charge in [0.15, 0.2) is 5.13 Å². The Morgan fingerprint density at radius 2 is 1.92 bits per heavy atom. The van der Waals surface area contributed by atoms with E-state index < -0.39 is 10.0 Å². The van der Waals surface area contributed by atoms with Crippen molar-refractivity contribution in [2.24, 2.45) is 0 Å². The second-order valence-electron chi connectivity index (χ2n) is 5.43. The summed E-state index contributed by atoms with van der Waals surface area (Å²) in [6.45, 7) is 2.21. The molecule has 9 heteroatoms. The fourth-order valence-electron chi connectivity index (χ4n) is 2.68. The summed E-state index contributed by atoms with van der Waals surface area (Å²) in [7, 11) is -3.36. The lowest BCUT2D eigenvalue weighted by Crippen LogP contribution is -2.48. The minimum absolute atomic E-state index is 0.408. The van der Waals surface area contributed by atoms with Gasteiger partial charge in [0, 0.05) is 31.2 Å². The van der Waals surface area contributed by atoms with Crippen molar-refractivity contribution in [3.63, 3.8) is 0 Å². The van der Waals surface area contributed by atoms with Crippen molar-refractivity contribution in [3.8, 4) is 0 Å². The first-order valence-corrected chi connectivity index (χ1v) is 10.9. The van der Waals surface area contributed by atoms with Gasteiger partial charge in [-0.05, 0) is 29.6 Å². The second kappa shape index (κ2) is 6.27. The molecule has 1 fully saturated rings. The van der Waals surface area contributed by atoms with Gasteiger partial charge in [0.2, 0.25) is 0 Å². The molecule has 0 amide bonds. The maximum atomic E-state index is 12.6. The quantitative estimate of drug-likeness (QED) is 0.676. The third kappa shape index (κ3) is 2.93. The van der Waals surface area contributed by atoms with Gasteiger partial charge in [0.25, 0.3) is 10.0 Å². The standard InChI is InChI=1S/C15H14ClN3O2S3/c16-11-3-4-12-13(10-11)23-15(17-12)18-5-7-19(8-6-18)24(20,21)14-2-1-9-22-14/h1-4,9-10H,5-8H2. The predicted octanol–water partition coefficient (Wildman–Crippen LogP) is 3.52. The largest absolute Gasteiger partial charge is 0.345 e. The van der Waals surface area contributed by atoms with Crippen LogP contribution in [0.2, 0.25) is 5.02 Å². The van der Waals surface area contributed by atoms with Crippen LogP contribution in [0, 0.1) is 0 Å². The number of benzene rings is 1. The summed E-state index contributed by atoms with van der Waals surface area (Å²) in [5.74, 6) is 0. The highest BCUT2D eigenvalue weighted by atomic mass is 35.5. The van der Waals surface area contributed by atoms with Crippen LogP contribution in [0.4, 0.5) is 5.13 Å². The molecule has 24 heavy (non-hydrogen) atoms. The van der Waals surface area contributed by atoms with Crippen LogP contribution < -0.4 is 4.90 Å². The molecule has 3 aromatic rings. The van der Waals surface area contributed by atoms with Crippen LogP contribution in [0.15, 0.2) is 39.9 Å². The van der Waals surface area contributed by atoms with Crippen LogP contribution in [0.3, 0.4) is 0 Å². The van der Waals surface area contributed by atoms with E-state index in [0.717, 1.165) is 15.3 Å². The first kappa shape index (κ1) is 16.3. The fraction of sp³-hybridized carbons (Fsp3) is 0.267. The van der Waals surface area contributed by atoms with Crippen molar-refractivity contribution in [2.45, 2.75) is 4.21 Å². The van der Waals surface area contributed by atoms with Crippen molar-refractivity contribution in [1.29, 1.82) is 0 Å². The molecule has 1 aliphatic rings. The summed E-state index contributed by atoms with van der Waals surface area (Å²) in [5.41, 5.74) is 0.924. The van der Waals surface area contributed by atoms with Crippen molar-refractivity contribution >= 4 is 59.6 Å². The van der Waals surface area contributed by atoms with Gasteiger partial charge < -0.3 is 4.90 Å². The Labute approximate surface area is 153 Å². The zero-order chi connectivity index (χ0) is 16.7. The lowest BCUT2D eigenvalue weighted by Gasteiger charge is -2.33. The Morgan fingerprint density at radius 3 is 2.62 bits per heavy atom. The van der Waals surface area contributed by atoms with E-state index in [1.807, 2.05) is 18.2 Å². The highest BCUT2D eigenvalue weighted by molar-refractivity contribution is 7.91. The molecule has 5 nitrogen and oxygen atoms in total. The molecule has 126 valence electrons. The third-order valence-corrected chi connectivity index (χ3v) is 8.52. The molecule has 0 N–H and O–H groups in total. The summed E-state index contributed by atoms with van der Waals surface area (Å²) >= 11 is 8.87. The van der Waals surface area contributed by atoms with Gasteiger partial charge in [0.05, 0.1) is 10.2 Å². The number of sulfonamides is 1. The lowest BCUT2D eigenvalue weighted by molar-refractivity contribution is 0.386. The Kier molecular flexibility index (Phi) is 4.26. The number of rotatable bonds is 3. The molecule has 1 aliphatic heterocycles. The highest BCUT2D eigenvalue weighted by Crippen LogP contribution is 2.32. The van der Waals surface area contributed by atoms with E-state index in [2.05, 4.69) is 9.88 Å². The van der Waals surface area contributed by atoms with Gasteiger partial charge in [-0.1, -0.05) is 29.0 Å². The molecule has 1 aromatic carbocycles. The number of nitrogens with zero attached hydrogens (tertiary/aromatic N) is 3. The molecule has 0 bridgehead atoms. The van der Waals surface area contributed by atoms with Gasteiger partial charge in [-0.2, -0.15) is 4.31 Å². The first-order chi connectivity index (χ1) is 11.5. The van der Waals surface area contributed by atoms with Gasteiger partial charge >= 0.3 is 0 Å². The molecule has 3 heterocycles. The van der Waals surface area contributed by atoms with Gasteiger partial charge in [-0.25, -0.2) is 13.4 Å². The normalized spacial score (nSPS) is 16.8. The molecular formula is C15H14ClN3O2S3. The van der Waals surface area contributed by atoms with E-state index >= 15 is 0 Å². The number of anilines is 1. The zero-order valence-electron chi connectivity index (χ0n) is 12.6. The minimum atomic E-state index is -3.36. The number of thiazole rings is 1. The van der Waals surface area contributed by atoms with Crippen molar-refractivity contribution in [3.05, 3.63) is 40.7 Å². The van der Waals surface area contributed by atoms with Gasteiger partial charge in [0.1, 0.15) is 4.21 Å². The van der Waals surface area contributed by atoms with Crippen LogP contribution in [-0.2, 0) is 10.0 Å².